The summed E-state index contributed by atoms with van der Waals surface area (Å²) in [5.74, 6) is -0.796. The molecule has 1 aliphatic heterocycles. The highest BCUT2D eigenvalue weighted by Gasteiger charge is 2.38. The number of hydrogen-bond donors (Lipinski definition) is 2. The van der Waals surface area contributed by atoms with E-state index in [2.05, 4.69) is 5.32 Å². The third-order valence-corrected chi connectivity index (χ3v) is 3.42. The molecule has 1 heterocycles. The van der Waals surface area contributed by atoms with Gasteiger partial charge in [-0.2, -0.15) is 0 Å². The van der Waals surface area contributed by atoms with Gasteiger partial charge in [0.1, 0.15) is 5.54 Å². The van der Waals surface area contributed by atoms with E-state index in [1.165, 1.54) is 0 Å². The SMILES string of the molecule is CC(CCOC1CCOC1)(NC1CC1)C(=O)O. The van der Waals surface area contributed by atoms with E-state index in [-0.39, 0.29) is 6.10 Å². The Labute approximate surface area is 101 Å². The fourth-order valence-electron chi connectivity index (χ4n) is 1.99. The van der Waals surface area contributed by atoms with E-state index >= 15 is 0 Å². The second-order valence-corrected chi connectivity index (χ2v) is 5.16. The van der Waals surface area contributed by atoms with Gasteiger partial charge in [0.25, 0.3) is 0 Å². The van der Waals surface area contributed by atoms with Gasteiger partial charge in [0, 0.05) is 19.3 Å². The lowest BCUT2D eigenvalue weighted by Crippen LogP contribution is -2.51. The number of rotatable bonds is 7. The molecule has 2 atom stereocenters. The maximum Gasteiger partial charge on any atom is 0.323 e. The average Bonchev–Trinajstić information content (AvgIpc) is 2.93. The number of hydrogen-bond acceptors (Lipinski definition) is 4. The molecule has 5 nitrogen and oxygen atoms in total. The Morgan fingerprint density at radius 3 is 2.82 bits per heavy atom. The van der Waals surface area contributed by atoms with E-state index in [9.17, 15) is 9.90 Å². The molecular formula is C12H21NO4. The quantitative estimate of drug-likeness (QED) is 0.691. The first-order chi connectivity index (χ1) is 8.10. The summed E-state index contributed by atoms with van der Waals surface area (Å²) in [6, 6.07) is 0.380. The number of carboxylic acid groups (broad SMARTS) is 1. The molecule has 0 radical (unpaired) electrons. The van der Waals surface area contributed by atoms with E-state index < -0.39 is 11.5 Å². The highest BCUT2D eigenvalue weighted by molar-refractivity contribution is 5.78. The maximum atomic E-state index is 11.3. The van der Waals surface area contributed by atoms with Crippen molar-refractivity contribution in [3.8, 4) is 0 Å². The third kappa shape index (κ3) is 3.66. The topological polar surface area (TPSA) is 67.8 Å². The van der Waals surface area contributed by atoms with Crippen LogP contribution in [0.25, 0.3) is 0 Å². The van der Waals surface area contributed by atoms with Crippen LogP contribution in [-0.2, 0) is 14.3 Å². The highest BCUT2D eigenvalue weighted by Crippen LogP contribution is 2.24. The van der Waals surface area contributed by atoms with Crippen molar-refractivity contribution in [1.82, 2.24) is 5.32 Å². The largest absolute Gasteiger partial charge is 0.480 e. The summed E-state index contributed by atoms with van der Waals surface area (Å²) in [5, 5.41) is 12.4. The van der Waals surface area contributed by atoms with Crippen molar-refractivity contribution >= 4 is 5.97 Å². The fourth-order valence-corrected chi connectivity index (χ4v) is 1.99. The van der Waals surface area contributed by atoms with Gasteiger partial charge >= 0.3 is 5.97 Å². The van der Waals surface area contributed by atoms with Gasteiger partial charge in [-0.15, -0.1) is 0 Å². The van der Waals surface area contributed by atoms with E-state index in [1.54, 1.807) is 6.92 Å². The van der Waals surface area contributed by atoms with Gasteiger partial charge in [-0.3, -0.25) is 10.1 Å². The molecule has 0 amide bonds. The van der Waals surface area contributed by atoms with Crippen LogP contribution in [0.5, 0.6) is 0 Å². The van der Waals surface area contributed by atoms with Crippen molar-refractivity contribution in [2.24, 2.45) is 0 Å². The zero-order chi connectivity index (χ0) is 12.3. The maximum absolute atomic E-state index is 11.3. The molecule has 0 aromatic heterocycles. The summed E-state index contributed by atoms with van der Waals surface area (Å²) < 4.78 is 10.8. The zero-order valence-corrected chi connectivity index (χ0v) is 10.3. The fraction of sp³-hybridized carbons (Fsp3) is 0.917. The molecule has 1 saturated carbocycles. The van der Waals surface area contributed by atoms with Crippen molar-refractivity contribution in [2.75, 3.05) is 19.8 Å². The molecular weight excluding hydrogens is 222 g/mol. The van der Waals surface area contributed by atoms with Crippen LogP contribution in [0.15, 0.2) is 0 Å². The summed E-state index contributed by atoms with van der Waals surface area (Å²) in [4.78, 5) is 11.3. The van der Waals surface area contributed by atoms with E-state index in [1.807, 2.05) is 0 Å². The molecule has 1 aliphatic carbocycles. The number of carboxylic acids is 1. The Hall–Kier alpha value is -0.650. The lowest BCUT2D eigenvalue weighted by Gasteiger charge is -2.26. The minimum atomic E-state index is -0.860. The van der Waals surface area contributed by atoms with E-state index in [4.69, 9.17) is 9.47 Å². The standard InChI is InChI=1S/C12H21NO4/c1-12(11(14)15,13-9-2-3-9)5-7-17-10-4-6-16-8-10/h9-10,13H,2-8H2,1H3,(H,14,15). The molecule has 5 heteroatoms. The lowest BCUT2D eigenvalue weighted by atomic mass is 9.98. The smallest absolute Gasteiger partial charge is 0.323 e. The monoisotopic (exact) mass is 243 g/mol. The van der Waals surface area contributed by atoms with Crippen LogP contribution in [0.1, 0.15) is 32.6 Å². The Balaban J connectivity index is 1.73. The third-order valence-electron chi connectivity index (χ3n) is 3.42. The molecule has 17 heavy (non-hydrogen) atoms. The number of ether oxygens (including phenoxy) is 2. The summed E-state index contributed by atoms with van der Waals surface area (Å²) in [7, 11) is 0. The van der Waals surface area contributed by atoms with Crippen molar-refractivity contribution < 1.29 is 19.4 Å². The molecule has 2 aliphatic rings. The first-order valence-corrected chi connectivity index (χ1v) is 6.30. The molecule has 0 aromatic rings. The minimum Gasteiger partial charge on any atom is -0.480 e. The predicted molar refractivity (Wildman–Crippen MR) is 62.0 cm³/mol. The summed E-state index contributed by atoms with van der Waals surface area (Å²) in [6.45, 7) is 3.60. The van der Waals surface area contributed by atoms with Gasteiger partial charge in [-0.05, 0) is 32.6 Å². The molecule has 2 fully saturated rings. The molecule has 1 saturated heterocycles. The van der Waals surface area contributed by atoms with Crippen LogP contribution < -0.4 is 5.32 Å². The van der Waals surface area contributed by atoms with Crippen LogP contribution in [-0.4, -0.2) is 48.6 Å². The molecule has 2 unspecified atom stereocenters. The molecule has 0 aromatic carbocycles. The first kappa shape index (κ1) is 12.8. The van der Waals surface area contributed by atoms with Crippen LogP contribution in [0.3, 0.4) is 0 Å². The van der Waals surface area contributed by atoms with Crippen LogP contribution in [0.4, 0.5) is 0 Å². The first-order valence-electron chi connectivity index (χ1n) is 6.30. The highest BCUT2D eigenvalue weighted by atomic mass is 16.5. The number of carbonyl (C=O) groups is 1. The van der Waals surface area contributed by atoms with Crippen molar-refractivity contribution in [3.05, 3.63) is 0 Å². The van der Waals surface area contributed by atoms with Crippen molar-refractivity contribution in [1.29, 1.82) is 0 Å². The number of aliphatic carboxylic acids is 1. The van der Waals surface area contributed by atoms with E-state index in [0.29, 0.717) is 25.7 Å². The Kier molecular flexibility index (Phi) is 4.01. The summed E-state index contributed by atoms with van der Waals surface area (Å²) in [6.07, 6.45) is 3.73. The van der Waals surface area contributed by atoms with Crippen molar-refractivity contribution in [2.45, 2.75) is 50.3 Å². The molecule has 2 rings (SSSR count). The Morgan fingerprint density at radius 1 is 1.53 bits per heavy atom. The summed E-state index contributed by atoms with van der Waals surface area (Å²) in [5.41, 5.74) is -0.860. The Morgan fingerprint density at radius 2 is 2.29 bits per heavy atom. The number of nitrogens with one attached hydrogen (secondary N) is 1. The molecule has 2 N–H and O–H groups in total. The van der Waals surface area contributed by atoms with E-state index in [0.717, 1.165) is 25.9 Å². The van der Waals surface area contributed by atoms with Gasteiger partial charge in [0.15, 0.2) is 0 Å². The van der Waals surface area contributed by atoms with Gasteiger partial charge in [0.05, 0.1) is 12.7 Å². The second kappa shape index (κ2) is 5.33. The van der Waals surface area contributed by atoms with Gasteiger partial charge in [-0.25, -0.2) is 0 Å². The predicted octanol–water partition coefficient (Wildman–Crippen LogP) is 0.777. The zero-order valence-electron chi connectivity index (χ0n) is 10.3. The average molecular weight is 243 g/mol. The lowest BCUT2D eigenvalue weighted by molar-refractivity contribution is -0.145. The van der Waals surface area contributed by atoms with Crippen LogP contribution in [0, 0.1) is 0 Å². The van der Waals surface area contributed by atoms with Crippen molar-refractivity contribution in [3.63, 3.8) is 0 Å². The minimum absolute atomic E-state index is 0.147. The van der Waals surface area contributed by atoms with Crippen LogP contribution >= 0.6 is 0 Å². The Bertz CT molecular complexity index is 274. The van der Waals surface area contributed by atoms with Crippen LogP contribution in [0.2, 0.25) is 0 Å². The van der Waals surface area contributed by atoms with Gasteiger partial charge in [-0.1, -0.05) is 0 Å². The molecule has 0 spiro atoms. The molecule has 98 valence electrons. The second-order valence-electron chi connectivity index (χ2n) is 5.16. The summed E-state index contributed by atoms with van der Waals surface area (Å²) >= 11 is 0. The van der Waals surface area contributed by atoms with Gasteiger partial charge < -0.3 is 14.6 Å². The molecule has 0 bridgehead atoms. The normalized spacial score (nSPS) is 27.9. The van der Waals surface area contributed by atoms with Gasteiger partial charge in [0.2, 0.25) is 0 Å².